The van der Waals surface area contributed by atoms with Gasteiger partial charge in [0, 0.05) is 62.0 Å². The first kappa shape index (κ1) is 20.8. The van der Waals surface area contributed by atoms with Crippen LogP contribution >= 0.6 is 0 Å². The number of anilines is 1. The Labute approximate surface area is 180 Å². The summed E-state index contributed by atoms with van der Waals surface area (Å²) in [7, 11) is 1.81. The van der Waals surface area contributed by atoms with E-state index in [2.05, 4.69) is 20.3 Å². The average Bonchev–Trinajstić information content (AvgIpc) is 3.21. The number of ether oxygens (including phenoxy) is 1. The molecule has 1 aromatic carbocycles. The van der Waals surface area contributed by atoms with E-state index in [0.29, 0.717) is 16.8 Å². The Morgan fingerprint density at radius 3 is 2.71 bits per heavy atom. The second kappa shape index (κ2) is 9.55. The number of amides is 1. The highest BCUT2D eigenvalue weighted by atomic mass is 16.5. The Balaban J connectivity index is 1.41. The van der Waals surface area contributed by atoms with Gasteiger partial charge in [0.15, 0.2) is 0 Å². The summed E-state index contributed by atoms with van der Waals surface area (Å²) in [6.45, 7) is 4.28. The Bertz CT molecular complexity index is 1120. The van der Waals surface area contributed by atoms with Crippen LogP contribution in [0.5, 0.6) is 0 Å². The minimum absolute atomic E-state index is 0.266. The fourth-order valence-corrected chi connectivity index (χ4v) is 3.52. The van der Waals surface area contributed by atoms with Crippen LogP contribution < -0.4 is 10.9 Å². The van der Waals surface area contributed by atoms with Gasteiger partial charge in [-0.15, -0.1) is 0 Å². The summed E-state index contributed by atoms with van der Waals surface area (Å²) in [4.78, 5) is 29.7. The first-order valence-electron chi connectivity index (χ1n) is 10.2. The van der Waals surface area contributed by atoms with Crippen molar-refractivity contribution in [2.75, 3.05) is 31.6 Å². The molecule has 8 heteroatoms. The summed E-state index contributed by atoms with van der Waals surface area (Å²) in [5.74, 6) is -0.304. The molecule has 0 saturated carbocycles. The number of hydrogen-bond acceptors (Lipinski definition) is 5. The van der Waals surface area contributed by atoms with Crippen LogP contribution in [-0.2, 0) is 23.1 Å². The Morgan fingerprint density at radius 1 is 1.23 bits per heavy atom. The van der Waals surface area contributed by atoms with Gasteiger partial charge in [-0.25, -0.2) is 0 Å². The zero-order valence-electron chi connectivity index (χ0n) is 17.4. The number of nitrogens with one attached hydrogen (secondary N) is 2. The zero-order chi connectivity index (χ0) is 21.6. The molecule has 0 unspecified atom stereocenters. The molecule has 31 heavy (non-hydrogen) atoms. The van der Waals surface area contributed by atoms with E-state index in [1.807, 2.05) is 37.5 Å². The third-order valence-electron chi connectivity index (χ3n) is 5.15. The van der Waals surface area contributed by atoms with Crippen LogP contribution in [0.3, 0.4) is 0 Å². The zero-order valence-corrected chi connectivity index (χ0v) is 17.4. The number of carbonyl (C=O) groups is 1. The first-order valence-corrected chi connectivity index (χ1v) is 10.2. The van der Waals surface area contributed by atoms with Gasteiger partial charge in [0.2, 0.25) is 5.91 Å². The molecule has 4 rings (SSSR count). The molecule has 160 valence electrons. The summed E-state index contributed by atoms with van der Waals surface area (Å²) >= 11 is 0. The number of aromatic amines is 1. The van der Waals surface area contributed by atoms with Gasteiger partial charge in [-0.1, -0.05) is 12.1 Å². The van der Waals surface area contributed by atoms with Crippen molar-refractivity contribution >= 4 is 17.7 Å². The number of aromatic nitrogens is 3. The number of H-pyrrole nitrogens is 1. The van der Waals surface area contributed by atoms with E-state index in [1.165, 1.54) is 17.7 Å². The van der Waals surface area contributed by atoms with E-state index in [0.717, 1.165) is 38.4 Å². The smallest absolute Gasteiger partial charge is 0.255 e. The molecular weight excluding hydrogens is 394 g/mol. The molecule has 1 saturated heterocycles. The van der Waals surface area contributed by atoms with Crippen LogP contribution in [-0.4, -0.2) is 51.9 Å². The number of aryl methyl sites for hydroxylation is 1. The molecule has 0 radical (unpaired) electrons. The summed E-state index contributed by atoms with van der Waals surface area (Å²) in [5, 5.41) is 6.99. The fraction of sp³-hybridized carbons (Fsp3) is 0.261. The van der Waals surface area contributed by atoms with Crippen molar-refractivity contribution in [3.05, 3.63) is 76.5 Å². The second-order valence-electron chi connectivity index (χ2n) is 7.44. The molecule has 0 aliphatic carbocycles. The lowest BCUT2D eigenvalue weighted by Gasteiger charge is -2.26. The molecule has 8 nitrogen and oxygen atoms in total. The summed E-state index contributed by atoms with van der Waals surface area (Å²) in [5.41, 5.74) is 3.56. The predicted molar refractivity (Wildman–Crippen MR) is 119 cm³/mol. The Morgan fingerprint density at radius 2 is 2.00 bits per heavy atom. The van der Waals surface area contributed by atoms with Crippen molar-refractivity contribution < 1.29 is 9.53 Å². The highest BCUT2D eigenvalue weighted by Crippen LogP contribution is 2.21. The van der Waals surface area contributed by atoms with Crippen LogP contribution in [0.25, 0.3) is 17.2 Å². The molecule has 1 aliphatic heterocycles. The summed E-state index contributed by atoms with van der Waals surface area (Å²) in [6, 6.07) is 9.59. The SMILES string of the molecule is Cn1cc(-c2cc[nH]c(=O)c2/C=C/C(=O)Nc2ccc(CN3CCOCC3)cc2)cn1. The Kier molecular flexibility index (Phi) is 6.40. The first-order chi connectivity index (χ1) is 15.1. The van der Waals surface area contributed by atoms with Gasteiger partial charge in [0.25, 0.3) is 5.56 Å². The lowest BCUT2D eigenvalue weighted by molar-refractivity contribution is -0.111. The van der Waals surface area contributed by atoms with E-state index < -0.39 is 0 Å². The molecule has 2 N–H and O–H groups in total. The van der Waals surface area contributed by atoms with E-state index in [-0.39, 0.29) is 11.5 Å². The van der Waals surface area contributed by atoms with Crippen LogP contribution in [0.15, 0.2) is 59.8 Å². The number of rotatable bonds is 6. The normalized spacial score (nSPS) is 14.7. The molecule has 2 aromatic heterocycles. The van der Waals surface area contributed by atoms with Gasteiger partial charge >= 0.3 is 0 Å². The highest BCUT2D eigenvalue weighted by molar-refractivity contribution is 6.02. The standard InChI is InChI=1S/C23H25N5O3/c1-27-16-18(14-25-27)20-8-9-24-23(30)21(20)6-7-22(29)26-19-4-2-17(3-5-19)15-28-10-12-31-13-11-28/h2-9,14,16H,10-13,15H2,1H3,(H,24,30)(H,26,29)/b7-6+. The van der Waals surface area contributed by atoms with Crippen molar-refractivity contribution in [1.82, 2.24) is 19.7 Å². The van der Waals surface area contributed by atoms with E-state index >= 15 is 0 Å². The molecule has 1 amide bonds. The van der Waals surface area contributed by atoms with Crippen molar-refractivity contribution in [1.29, 1.82) is 0 Å². The number of carbonyl (C=O) groups excluding carboxylic acids is 1. The minimum atomic E-state index is -0.304. The van der Waals surface area contributed by atoms with E-state index in [4.69, 9.17) is 4.74 Å². The van der Waals surface area contributed by atoms with Crippen molar-refractivity contribution in [2.24, 2.45) is 7.05 Å². The van der Waals surface area contributed by atoms with Crippen molar-refractivity contribution in [3.63, 3.8) is 0 Å². The van der Waals surface area contributed by atoms with Crippen molar-refractivity contribution in [3.8, 4) is 11.1 Å². The van der Waals surface area contributed by atoms with Crippen molar-refractivity contribution in [2.45, 2.75) is 6.54 Å². The Hall–Kier alpha value is -3.49. The van der Waals surface area contributed by atoms with Crippen LogP contribution in [0.4, 0.5) is 5.69 Å². The maximum absolute atomic E-state index is 12.4. The average molecular weight is 419 g/mol. The van der Waals surface area contributed by atoms with E-state index in [9.17, 15) is 9.59 Å². The maximum atomic E-state index is 12.4. The second-order valence-corrected chi connectivity index (χ2v) is 7.44. The van der Waals surface area contributed by atoms with Gasteiger partial charge in [-0.3, -0.25) is 19.2 Å². The molecular formula is C23H25N5O3. The van der Waals surface area contributed by atoms with Gasteiger partial charge in [-0.05, 0) is 35.4 Å². The largest absolute Gasteiger partial charge is 0.379 e. The maximum Gasteiger partial charge on any atom is 0.255 e. The molecule has 3 heterocycles. The number of benzene rings is 1. The number of morpholine rings is 1. The van der Waals surface area contributed by atoms with Gasteiger partial charge < -0.3 is 15.0 Å². The van der Waals surface area contributed by atoms with Crippen LogP contribution in [0.1, 0.15) is 11.1 Å². The highest BCUT2D eigenvalue weighted by Gasteiger charge is 2.11. The predicted octanol–water partition coefficient (Wildman–Crippen LogP) is 2.26. The molecule has 3 aromatic rings. The minimum Gasteiger partial charge on any atom is -0.379 e. The van der Waals surface area contributed by atoms with Gasteiger partial charge in [0.1, 0.15) is 0 Å². The van der Waals surface area contributed by atoms with Crippen LogP contribution in [0.2, 0.25) is 0 Å². The molecule has 0 bridgehead atoms. The summed E-state index contributed by atoms with van der Waals surface area (Å²) < 4.78 is 7.04. The third-order valence-corrected chi connectivity index (χ3v) is 5.15. The monoisotopic (exact) mass is 419 g/mol. The quantitative estimate of drug-likeness (QED) is 0.598. The fourth-order valence-electron chi connectivity index (χ4n) is 3.52. The van der Waals surface area contributed by atoms with E-state index in [1.54, 1.807) is 23.1 Å². The third kappa shape index (κ3) is 5.36. The molecule has 1 aliphatic rings. The van der Waals surface area contributed by atoms with Gasteiger partial charge in [0.05, 0.1) is 19.4 Å². The van der Waals surface area contributed by atoms with Gasteiger partial charge in [-0.2, -0.15) is 5.10 Å². The molecule has 0 spiro atoms. The number of nitrogens with zero attached hydrogens (tertiary/aromatic N) is 3. The lowest BCUT2D eigenvalue weighted by Crippen LogP contribution is -2.35. The van der Waals surface area contributed by atoms with Crippen LogP contribution in [0, 0.1) is 0 Å². The number of pyridine rings is 1. The topological polar surface area (TPSA) is 92.2 Å². The molecule has 1 fully saturated rings. The number of hydrogen-bond donors (Lipinski definition) is 2. The summed E-state index contributed by atoms with van der Waals surface area (Å²) in [6.07, 6.45) is 7.99. The lowest BCUT2D eigenvalue weighted by atomic mass is 10.0. The molecule has 0 atom stereocenters.